The van der Waals surface area contributed by atoms with E-state index in [2.05, 4.69) is 4.90 Å². The van der Waals surface area contributed by atoms with Crippen LogP contribution in [0, 0.1) is 11.8 Å². The van der Waals surface area contributed by atoms with Crippen LogP contribution < -0.4 is 0 Å². The Hall–Kier alpha value is -1.14. The fourth-order valence-electron chi connectivity index (χ4n) is 4.59. The van der Waals surface area contributed by atoms with Crippen LogP contribution in [-0.4, -0.2) is 84.0 Å². The first-order valence-electron chi connectivity index (χ1n) is 10.0. The minimum Gasteiger partial charge on any atom is -0.396 e. The van der Waals surface area contributed by atoms with Crippen molar-refractivity contribution in [3.05, 3.63) is 0 Å². The van der Waals surface area contributed by atoms with Crippen LogP contribution in [-0.2, 0) is 9.59 Å². The molecule has 3 aliphatic rings. The van der Waals surface area contributed by atoms with Crippen LogP contribution in [0.5, 0.6) is 0 Å². The predicted octanol–water partition coefficient (Wildman–Crippen LogP) is 0.942. The zero-order valence-corrected chi connectivity index (χ0v) is 15.4. The minimum atomic E-state index is 0.0554. The summed E-state index contributed by atoms with van der Waals surface area (Å²) in [6.45, 7) is 5.83. The molecule has 6 heteroatoms. The zero-order chi connectivity index (χ0) is 17.6. The maximum atomic E-state index is 12.8. The fourth-order valence-corrected chi connectivity index (χ4v) is 4.59. The van der Waals surface area contributed by atoms with E-state index in [9.17, 15) is 14.7 Å². The van der Waals surface area contributed by atoms with Crippen molar-refractivity contribution in [2.45, 2.75) is 44.9 Å². The van der Waals surface area contributed by atoms with Crippen molar-refractivity contribution in [1.29, 1.82) is 0 Å². The van der Waals surface area contributed by atoms with Crippen LogP contribution in [0.2, 0.25) is 0 Å². The van der Waals surface area contributed by atoms with Gasteiger partial charge in [-0.2, -0.15) is 0 Å². The second kappa shape index (κ2) is 8.99. The van der Waals surface area contributed by atoms with Crippen LogP contribution in [0.1, 0.15) is 44.9 Å². The van der Waals surface area contributed by atoms with Gasteiger partial charge in [0.1, 0.15) is 0 Å². The first-order chi connectivity index (χ1) is 12.2. The van der Waals surface area contributed by atoms with Gasteiger partial charge in [-0.1, -0.05) is 6.42 Å². The topological polar surface area (TPSA) is 64.1 Å². The highest BCUT2D eigenvalue weighted by Crippen LogP contribution is 2.24. The van der Waals surface area contributed by atoms with Crippen molar-refractivity contribution in [3.8, 4) is 0 Å². The molecule has 0 unspecified atom stereocenters. The molecule has 3 heterocycles. The largest absolute Gasteiger partial charge is 0.396 e. The van der Waals surface area contributed by atoms with Gasteiger partial charge in [-0.05, 0) is 57.0 Å². The number of amides is 2. The normalized spacial score (nSPS) is 29.1. The van der Waals surface area contributed by atoms with E-state index in [-0.39, 0.29) is 30.9 Å². The Morgan fingerprint density at radius 1 is 1.00 bits per heavy atom. The molecule has 25 heavy (non-hydrogen) atoms. The van der Waals surface area contributed by atoms with E-state index in [1.807, 2.05) is 4.90 Å². The molecule has 1 N–H and O–H groups in total. The van der Waals surface area contributed by atoms with Crippen molar-refractivity contribution in [2.24, 2.45) is 11.8 Å². The molecule has 0 bridgehead atoms. The van der Waals surface area contributed by atoms with Gasteiger partial charge in [-0.25, -0.2) is 0 Å². The summed E-state index contributed by atoms with van der Waals surface area (Å²) < 4.78 is 0. The van der Waals surface area contributed by atoms with Gasteiger partial charge >= 0.3 is 0 Å². The van der Waals surface area contributed by atoms with Crippen LogP contribution >= 0.6 is 0 Å². The van der Waals surface area contributed by atoms with E-state index in [0.29, 0.717) is 25.4 Å². The number of hydrogen-bond acceptors (Lipinski definition) is 4. The number of piperidine rings is 1. The highest BCUT2D eigenvalue weighted by atomic mass is 16.3. The summed E-state index contributed by atoms with van der Waals surface area (Å²) >= 11 is 0. The van der Waals surface area contributed by atoms with Gasteiger partial charge in [0.25, 0.3) is 0 Å². The summed E-state index contributed by atoms with van der Waals surface area (Å²) in [7, 11) is 0. The van der Waals surface area contributed by atoms with E-state index in [1.165, 1.54) is 12.8 Å². The Morgan fingerprint density at radius 3 is 2.48 bits per heavy atom. The van der Waals surface area contributed by atoms with E-state index in [0.717, 1.165) is 51.9 Å². The predicted molar refractivity (Wildman–Crippen MR) is 96.0 cm³/mol. The lowest BCUT2D eigenvalue weighted by molar-refractivity contribution is -0.142. The van der Waals surface area contributed by atoms with Crippen LogP contribution in [0.15, 0.2) is 0 Å². The Balaban J connectivity index is 1.56. The second-order valence-corrected chi connectivity index (χ2v) is 8.08. The molecule has 2 amide bonds. The first-order valence-corrected chi connectivity index (χ1v) is 10.0. The van der Waals surface area contributed by atoms with Crippen molar-refractivity contribution in [2.75, 3.05) is 52.4 Å². The molecular weight excluding hydrogens is 318 g/mol. The highest BCUT2D eigenvalue weighted by molar-refractivity contribution is 5.85. The van der Waals surface area contributed by atoms with Crippen LogP contribution in [0.4, 0.5) is 0 Å². The molecule has 3 saturated heterocycles. The third-order valence-corrected chi connectivity index (χ3v) is 5.95. The van der Waals surface area contributed by atoms with Crippen LogP contribution in [0.25, 0.3) is 0 Å². The lowest BCUT2D eigenvalue weighted by Gasteiger charge is -2.39. The first kappa shape index (κ1) is 18.6. The van der Waals surface area contributed by atoms with Gasteiger partial charge in [0.15, 0.2) is 0 Å². The molecule has 0 aromatic rings. The average molecular weight is 351 g/mol. The van der Waals surface area contributed by atoms with Gasteiger partial charge in [0.2, 0.25) is 11.8 Å². The average Bonchev–Trinajstić information content (AvgIpc) is 3.04. The smallest absolute Gasteiger partial charge is 0.242 e. The molecule has 142 valence electrons. The van der Waals surface area contributed by atoms with Crippen molar-refractivity contribution in [1.82, 2.24) is 14.7 Å². The quantitative estimate of drug-likeness (QED) is 0.801. The number of nitrogens with zero attached hydrogens (tertiary/aromatic N) is 3. The summed E-state index contributed by atoms with van der Waals surface area (Å²) in [5, 5.41) is 9.65. The third-order valence-electron chi connectivity index (χ3n) is 5.95. The summed E-state index contributed by atoms with van der Waals surface area (Å²) in [5.41, 5.74) is 0. The molecule has 3 rings (SSSR count). The number of aliphatic hydroxyl groups is 1. The molecule has 0 radical (unpaired) electrons. The number of carbonyl (C=O) groups is 2. The Bertz CT molecular complexity index is 465. The summed E-state index contributed by atoms with van der Waals surface area (Å²) in [6, 6.07) is 0. The third kappa shape index (κ3) is 5.17. The molecule has 0 aliphatic carbocycles. The number of carbonyl (C=O) groups excluding carboxylic acids is 2. The van der Waals surface area contributed by atoms with Crippen molar-refractivity contribution >= 4 is 11.8 Å². The molecule has 0 aromatic heterocycles. The van der Waals surface area contributed by atoms with Crippen LogP contribution in [0.3, 0.4) is 0 Å². The zero-order valence-electron chi connectivity index (χ0n) is 15.4. The molecular formula is C19H33N3O3. The van der Waals surface area contributed by atoms with Crippen molar-refractivity contribution in [3.63, 3.8) is 0 Å². The monoisotopic (exact) mass is 351 g/mol. The van der Waals surface area contributed by atoms with Crippen molar-refractivity contribution < 1.29 is 14.7 Å². The number of rotatable bonds is 5. The molecule has 0 saturated carbocycles. The van der Waals surface area contributed by atoms with E-state index >= 15 is 0 Å². The van der Waals surface area contributed by atoms with E-state index < -0.39 is 0 Å². The van der Waals surface area contributed by atoms with Gasteiger partial charge in [-0.3, -0.25) is 9.59 Å². The lowest BCUT2D eigenvalue weighted by atomic mass is 9.89. The highest BCUT2D eigenvalue weighted by Gasteiger charge is 2.32. The Kier molecular flexibility index (Phi) is 6.70. The second-order valence-electron chi connectivity index (χ2n) is 8.08. The summed E-state index contributed by atoms with van der Waals surface area (Å²) in [6.07, 6.45) is 7.13. The number of aliphatic hydroxyl groups excluding tert-OH is 1. The Labute approximate surface area is 151 Å². The molecule has 2 atom stereocenters. The summed E-state index contributed by atoms with van der Waals surface area (Å²) in [5.74, 6) is 0.785. The lowest BCUT2D eigenvalue weighted by Crippen LogP contribution is -2.51. The summed E-state index contributed by atoms with van der Waals surface area (Å²) in [4.78, 5) is 31.1. The van der Waals surface area contributed by atoms with Gasteiger partial charge in [0, 0.05) is 39.2 Å². The maximum Gasteiger partial charge on any atom is 0.242 e. The SMILES string of the molecule is O=C1CCCCCN1CC(=O)N1C[C@@H](CN2CCCC2)C[C@H](CO)C1. The number of hydrogen-bond donors (Lipinski definition) is 1. The van der Waals surface area contributed by atoms with Gasteiger partial charge in [-0.15, -0.1) is 0 Å². The Morgan fingerprint density at radius 2 is 1.72 bits per heavy atom. The minimum absolute atomic E-state index is 0.0554. The maximum absolute atomic E-state index is 12.8. The molecule has 0 aromatic carbocycles. The number of likely N-dealkylation sites (tertiary alicyclic amines) is 3. The van der Waals surface area contributed by atoms with E-state index in [1.54, 1.807) is 4.90 Å². The molecule has 6 nitrogen and oxygen atoms in total. The van der Waals surface area contributed by atoms with Gasteiger partial charge < -0.3 is 19.8 Å². The standard InChI is InChI=1S/C19H33N3O3/c23-15-17-10-16(11-20-7-4-5-8-20)12-22(13-17)19(25)14-21-9-3-1-2-6-18(21)24/h16-17,23H,1-15H2/t16-,17+/m1/s1. The van der Waals surface area contributed by atoms with Gasteiger partial charge in [0.05, 0.1) is 6.54 Å². The molecule has 3 aliphatic heterocycles. The molecule has 0 spiro atoms. The molecule has 3 fully saturated rings. The van der Waals surface area contributed by atoms with E-state index in [4.69, 9.17) is 0 Å². The fraction of sp³-hybridized carbons (Fsp3) is 0.895.